The molecular formula is C11H12F2N2O3. The van der Waals surface area contributed by atoms with E-state index in [0.717, 1.165) is 0 Å². The number of benzene rings is 1. The zero-order valence-corrected chi connectivity index (χ0v) is 9.57. The van der Waals surface area contributed by atoms with Crippen LogP contribution in [0.3, 0.4) is 0 Å². The van der Waals surface area contributed by atoms with Crippen LogP contribution >= 0.6 is 0 Å². The summed E-state index contributed by atoms with van der Waals surface area (Å²) in [6.45, 7) is -0.117. The van der Waals surface area contributed by atoms with E-state index in [2.05, 4.69) is 10.1 Å². The summed E-state index contributed by atoms with van der Waals surface area (Å²) < 4.78 is 28.7. The maximum Gasteiger partial charge on any atom is 0.315 e. The Labute approximate surface area is 102 Å². The number of anilines is 2. The largest absolute Gasteiger partial charge is 0.375 e. The van der Waals surface area contributed by atoms with Gasteiger partial charge in [-0.2, -0.15) is 8.78 Å². The summed E-state index contributed by atoms with van der Waals surface area (Å²) in [6.07, 6.45) is -3.09. The normalized spacial score (nSPS) is 10.2. The highest BCUT2D eigenvalue weighted by atomic mass is 19.3. The van der Waals surface area contributed by atoms with Crippen molar-refractivity contribution in [3.8, 4) is 0 Å². The molecule has 0 fully saturated rings. The second kappa shape index (κ2) is 6.65. The van der Waals surface area contributed by atoms with Gasteiger partial charge < -0.3 is 15.4 Å². The maximum absolute atomic E-state index is 12.0. The van der Waals surface area contributed by atoms with E-state index in [1.807, 2.05) is 5.32 Å². The molecule has 0 aliphatic rings. The first kappa shape index (κ1) is 14.0. The molecule has 1 aromatic carbocycles. The molecule has 0 saturated heterocycles. The third kappa shape index (κ3) is 4.46. The molecule has 0 aromatic heterocycles. The second-order valence-corrected chi connectivity index (χ2v) is 3.35. The third-order valence-electron chi connectivity index (χ3n) is 1.89. The topological polar surface area (TPSA) is 67.4 Å². The molecule has 0 spiro atoms. The number of ether oxygens (including phenoxy) is 1. The van der Waals surface area contributed by atoms with Crippen molar-refractivity contribution in [1.82, 2.24) is 0 Å². The van der Waals surface area contributed by atoms with Gasteiger partial charge in [0.25, 0.3) is 5.91 Å². The smallest absolute Gasteiger partial charge is 0.315 e. The lowest BCUT2D eigenvalue weighted by Crippen LogP contribution is -2.20. The number of amides is 2. The molecule has 0 bridgehead atoms. The lowest BCUT2D eigenvalue weighted by molar-refractivity contribution is -0.126. The monoisotopic (exact) mass is 258 g/mol. The standard InChI is InChI=1S/C11H12F2N2O3/c1-18-6-9(16)14-7-3-2-4-8(5-7)15-11(17)10(12)13/h2-5,10H,6H2,1H3,(H,14,16)(H,15,17). The first-order chi connectivity index (χ1) is 8.52. The summed E-state index contributed by atoms with van der Waals surface area (Å²) in [4.78, 5) is 22.0. The number of methoxy groups -OCH3 is 1. The molecule has 7 heteroatoms. The van der Waals surface area contributed by atoms with Crippen LogP contribution in [0.1, 0.15) is 0 Å². The number of nitrogens with one attached hydrogen (secondary N) is 2. The van der Waals surface area contributed by atoms with Gasteiger partial charge in [0.2, 0.25) is 5.91 Å². The van der Waals surface area contributed by atoms with Crippen molar-refractivity contribution in [3.63, 3.8) is 0 Å². The highest BCUT2D eigenvalue weighted by Gasteiger charge is 2.15. The zero-order chi connectivity index (χ0) is 13.5. The Bertz CT molecular complexity index is 438. The Morgan fingerprint density at radius 3 is 2.44 bits per heavy atom. The van der Waals surface area contributed by atoms with Crippen molar-refractivity contribution >= 4 is 23.2 Å². The van der Waals surface area contributed by atoms with Gasteiger partial charge >= 0.3 is 6.43 Å². The van der Waals surface area contributed by atoms with Gasteiger partial charge in [0.15, 0.2) is 0 Å². The molecule has 5 nitrogen and oxygen atoms in total. The van der Waals surface area contributed by atoms with Gasteiger partial charge in [-0.15, -0.1) is 0 Å². The van der Waals surface area contributed by atoms with E-state index in [1.165, 1.54) is 25.3 Å². The minimum atomic E-state index is -3.09. The van der Waals surface area contributed by atoms with E-state index in [4.69, 9.17) is 0 Å². The fourth-order valence-electron chi connectivity index (χ4n) is 1.20. The third-order valence-corrected chi connectivity index (χ3v) is 1.89. The van der Waals surface area contributed by atoms with Crippen LogP contribution in [-0.2, 0) is 14.3 Å². The van der Waals surface area contributed by atoms with E-state index in [1.54, 1.807) is 6.07 Å². The molecule has 0 heterocycles. The van der Waals surface area contributed by atoms with Crippen LogP contribution in [0.25, 0.3) is 0 Å². The van der Waals surface area contributed by atoms with Crippen molar-refractivity contribution in [2.75, 3.05) is 24.4 Å². The minimum absolute atomic E-state index is 0.117. The van der Waals surface area contributed by atoms with Crippen LogP contribution in [0.2, 0.25) is 0 Å². The molecule has 0 aliphatic carbocycles. The molecule has 1 aromatic rings. The van der Waals surface area contributed by atoms with Gasteiger partial charge in [0, 0.05) is 18.5 Å². The van der Waals surface area contributed by atoms with Crippen LogP contribution in [-0.4, -0.2) is 32.0 Å². The predicted molar refractivity (Wildman–Crippen MR) is 61.6 cm³/mol. The first-order valence-electron chi connectivity index (χ1n) is 5.01. The summed E-state index contributed by atoms with van der Waals surface area (Å²) in [7, 11) is 1.37. The second-order valence-electron chi connectivity index (χ2n) is 3.35. The maximum atomic E-state index is 12.0. The Hall–Kier alpha value is -2.02. The quantitative estimate of drug-likeness (QED) is 0.840. The van der Waals surface area contributed by atoms with Crippen molar-refractivity contribution in [2.24, 2.45) is 0 Å². The SMILES string of the molecule is COCC(=O)Nc1cccc(NC(=O)C(F)F)c1. The minimum Gasteiger partial charge on any atom is -0.375 e. The number of halogens is 2. The number of hydrogen-bond donors (Lipinski definition) is 2. The number of carbonyl (C=O) groups excluding carboxylic acids is 2. The average Bonchev–Trinajstić information content (AvgIpc) is 2.29. The van der Waals surface area contributed by atoms with Crippen molar-refractivity contribution in [2.45, 2.75) is 6.43 Å². The molecule has 0 atom stereocenters. The highest BCUT2D eigenvalue weighted by molar-refractivity contribution is 5.95. The van der Waals surface area contributed by atoms with E-state index >= 15 is 0 Å². The van der Waals surface area contributed by atoms with Gasteiger partial charge in [-0.25, -0.2) is 0 Å². The lowest BCUT2D eigenvalue weighted by atomic mass is 10.2. The molecule has 0 radical (unpaired) electrons. The summed E-state index contributed by atoms with van der Waals surface area (Å²) in [5, 5.41) is 4.50. The van der Waals surface area contributed by atoms with Gasteiger partial charge in [-0.1, -0.05) is 6.07 Å². The van der Waals surface area contributed by atoms with Crippen LogP contribution in [0, 0.1) is 0 Å². The number of alkyl halides is 2. The molecule has 2 N–H and O–H groups in total. The van der Waals surface area contributed by atoms with Crippen LogP contribution in [0.15, 0.2) is 24.3 Å². The van der Waals surface area contributed by atoms with Crippen molar-refractivity contribution in [3.05, 3.63) is 24.3 Å². The fraction of sp³-hybridized carbons (Fsp3) is 0.273. The molecule has 0 aliphatic heterocycles. The van der Waals surface area contributed by atoms with E-state index in [9.17, 15) is 18.4 Å². The van der Waals surface area contributed by atoms with Gasteiger partial charge in [-0.3, -0.25) is 9.59 Å². The molecule has 1 rings (SSSR count). The van der Waals surface area contributed by atoms with Crippen molar-refractivity contribution < 1.29 is 23.1 Å². The van der Waals surface area contributed by atoms with Crippen LogP contribution in [0.4, 0.5) is 20.2 Å². The van der Waals surface area contributed by atoms with Gasteiger partial charge in [-0.05, 0) is 18.2 Å². The van der Waals surface area contributed by atoms with Gasteiger partial charge in [0.1, 0.15) is 6.61 Å². The van der Waals surface area contributed by atoms with Crippen molar-refractivity contribution in [1.29, 1.82) is 0 Å². The molecule has 0 unspecified atom stereocenters. The summed E-state index contributed by atoms with van der Waals surface area (Å²) in [5.41, 5.74) is 0.555. The molecule has 2 amide bonds. The predicted octanol–water partition coefficient (Wildman–Crippen LogP) is 1.48. The molecule has 18 heavy (non-hydrogen) atoms. The van der Waals surface area contributed by atoms with Crippen LogP contribution < -0.4 is 10.6 Å². The van der Waals surface area contributed by atoms with E-state index in [-0.39, 0.29) is 18.2 Å². The Morgan fingerprint density at radius 1 is 1.28 bits per heavy atom. The molecule has 98 valence electrons. The van der Waals surface area contributed by atoms with Crippen LogP contribution in [0.5, 0.6) is 0 Å². The first-order valence-corrected chi connectivity index (χ1v) is 5.01. The highest BCUT2D eigenvalue weighted by Crippen LogP contribution is 2.15. The Balaban J connectivity index is 2.67. The summed E-state index contributed by atoms with van der Waals surface area (Å²) >= 11 is 0. The zero-order valence-electron chi connectivity index (χ0n) is 9.57. The number of rotatable bonds is 5. The summed E-state index contributed by atoms with van der Waals surface area (Å²) in [6, 6.07) is 5.88. The molecular weight excluding hydrogens is 246 g/mol. The molecule has 0 saturated carbocycles. The van der Waals surface area contributed by atoms with E-state index < -0.39 is 12.3 Å². The lowest BCUT2D eigenvalue weighted by Gasteiger charge is -2.08. The summed E-state index contributed by atoms with van der Waals surface area (Å²) in [5.74, 6) is -1.77. The average molecular weight is 258 g/mol. The Kier molecular flexibility index (Phi) is 5.19. The Morgan fingerprint density at radius 2 is 1.89 bits per heavy atom. The van der Waals surface area contributed by atoms with Gasteiger partial charge in [0.05, 0.1) is 0 Å². The van der Waals surface area contributed by atoms with E-state index in [0.29, 0.717) is 5.69 Å². The number of hydrogen-bond acceptors (Lipinski definition) is 3. The number of carbonyl (C=O) groups is 2. The fourth-order valence-corrected chi connectivity index (χ4v) is 1.20.